The van der Waals surface area contributed by atoms with E-state index in [0.717, 1.165) is 32.1 Å². The van der Waals surface area contributed by atoms with Gasteiger partial charge in [0.1, 0.15) is 0 Å². The zero-order valence-corrected chi connectivity index (χ0v) is 11.8. The summed E-state index contributed by atoms with van der Waals surface area (Å²) < 4.78 is 0. The number of likely N-dealkylation sites (N-methyl/N-ethyl adjacent to an activating group) is 1. The van der Waals surface area contributed by atoms with E-state index in [9.17, 15) is 4.79 Å². The summed E-state index contributed by atoms with van der Waals surface area (Å²) in [6, 6.07) is 0.490. The molecule has 0 aromatic heterocycles. The standard InChI is InChI=1S/C14H27N3O/c1-12(13-5-3-4-6-13)15-11-14(18)17-9-7-16(2)8-10-17/h12-13,15H,3-11H2,1-2H3. The lowest BCUT2D eigenvalue weighted by atomic mass is 10.00. The first-order chi connectivity index (χ1) is 8.66. The number of rotatable bonds is 4. The molecule has 104 valence electrons. The average molecular weight is 253 g/mol. The molecule has 2 fully saturated rings. The predicted molar refractivity (Wildman–Crippen MR) is 73.5 cm³/mol. The van der Waals surface area contributed by atoms with Crippen molar-refractivity contribution in [2.24, 2.45) is 5.92 Å². The summed E-state index contributed by atoms with van der Waals surface area (Å²) in [5, 5.41) is 3.43. The summed E-state index contributed by atoms with van der Waals surface area (Å²) in [6.45, 7) is 6.52. The van der Waals surface area contributed by atoms with Gasteiger partial charge in [0.25, 0.3) is 0 Å². The molecule has 2 rings (SSSR count). The van der Waals surface area contributed by atoms with Crippen LogP contribution in [-0.2, 0) is 4.79 Å². The van der Waals surface area contributed by atoms with Gasteiger partial charge in [-0.1, -0.05) is 12.8 Å². The number of nitrogens with one attached hydrogen (secondary N) is 1. The van der Waals surface area contributed by atoms with Gasteiger partial charge in [0.2, 0.25) is 5.91 Å². The van der Waals surface area contributed by atoms with Crippen molar-refractivity contribution in [2.75, 3.05) is 39.8 Å². The number of hydrogen-bond acceptors (Lipinski definition) is 3. The summed E-state index contributed by atoms with van der Waals surface area (Å²) in [4.78, 5) is 16.3. The van der Waals surface area contributed by atoms with Crippen molar-refractivity contribution < 1.29 is 4.79 Å². The highest BCUT2D eigenvalue weighted by Crippen LogP contribution is 2.27. The molecule has 0 radical (unpaired) electrons. The molecule has 18 heavy (non-hydrogen) atoms. The Morgan fingerprint density at radius 3 is 2.44 bits per heavy atom. The van der Waals surface area contributed by atoms with Gasteiger partial charge in [-0.2, -0.15) is 0 Å². The van der Waals surface area contributed by atoms with Gasteiger partial charge in [-0.3, -0.25) is 4.79 Å². The number of nitrogens with zero attached hydrogens (tertiary/aromatic N) is 2. The summed E-state index contributed by atoms with van der Waals surface area (Å²) in [6.07, 6.45) is 5.39. The van der Waals surface area contributed by atoms with Gasteiger partial charge in [0.05, 0.1) is 6.54 Å². The summed E-state index contributed by atoms with van der Waals surface area (Å²) >= 11 is 0. The number of carbonyl (C=O) groups is 1. The van der Waals surface area contributed by atoms with E-state index in [-0.39, 0.29) is 5.91 Å². The second kappa shape index (κ2) is 6.53. The van der Waals surface area contributed by atoms with Crippen LogP contribution in [0.5, 0.6) is 0 Å². The van der Waals surface area contributed by atoms with E-state index in [1.54, 1.807) is 0 Å². The molecule has 1 saturated heterocycles. The molecule has 4 heteroatoms. The van der Waals surface area contributed by atoms with Crippen molar-refractivity contribution in [2.45, 2.75) is 38.6 Å². The molecule has 1 aliphatic carbocycles. The molecule has 1 amide bonds. The molecular weight excluding hydrogens is 226 g/mol. The molecule has 0 aromatic rings. The first kappa shape index (κ1) is 13.8. The van der Waals surface area contributed by atoms with Crippen molar-refractivity contribution >= 4 is 5.91 Å². The maximum absolute atomic E-state index is 12.1. The Morgan fingerprint density at radius 2 is 1.83 bits per heavy atom. The third-order valence-electron chi connectivity index (χ3n) is 4.54. The van der Waals surface area contributed by atoms with E-state index < -0.39 is 0 Å². The van der Waals surface area contributed by atoms with E-state index in [1.165, 1.54) is 25.7 Å². The van der Waals surface area contributed by atoms with Crippen molar-refractivity contribution in [3.8, 4) is 0 Å². The second-order valence-corrected chi connectivity index (χ2v) is 5.90. The first-order valence-corrected chi connectivity index (χ1v) is 7.36. The van der Waals surface area contributed by atoms with Crippen LogP contribution in [0.15, 0.2) is 0 Å². The third-order valence-corrected chi connectivity index (χ3v) is 4.54. The Hall–Kier alpha value is -0.610. The zero-order valence-electron chi connectivity index (χ0n) is 11.8. The Kier molecular flexibility index (Phi) is 5.01. The van der Waals surface area contributed by atoms with Crippen molar-refractivity contribution in [3.05, 3.63) is 0 Å². The van der Waals surface area contributed by atoms with Gasteiger partial charge in [-0.05, 0) is 32.7 Å². The Labute approximate surface area is 111 Å². The van der Waals surface area contributed by atoms with E-state index in [2.05, 4.69) is 24.2 Å². The maximum Gasteiger partial charge on any atom is 0.236 e. The van der Waals surface area contributed by atoms with E-state index in [1.807, 2.05) is 4.90 Å². The fourth-order valence-corrected chi connectivity index (χ4v) is 3.04. The number of amides is 1. The molecule has 2 aliphatic rings. The number of hydrogen-bond donors (Lipinski definition) is 1. The lowest BCUT2D eigenvalue weighted by Gasteiger charge is -2.33. The highest BCUT2D eigenvalue weighted by atomic mass is 16.2. The highest BCUT2D eigenvalue weighted by molar-refractivity contribution is 5.78. The quantitative estimate of drug-likeness (QED) is 0.809. The summed E-state index contributed by atoms with van der Waals surface area (Å²) in [5.41, 5.74) is 0. The van der Waals surface area contributed by atoms with Gasteiger partial charge in [0, 0.05) is 32.2 Å². The molecule has 1 heterocycles. The number of piperazine rings is 1. The van der Waals surface area contributed by atoms with Gasteiger partial charge in [-0.15, -0.1) is 0 Å². The normalized spacial score (nSPS) is 24.4. The molecule has 1 N–H and O–H groups in total. The van der Waals surface area contributed by atoms with Gasteiger partial charge in [0.15, 0.2) is 0 Å². The van der Waals surface area contributed by atoms with E-state index in [4.69, 9.17) is 0 Å². The van der Waals surface area contributed by atoms with E-state index >= 15 is 0 Å². The van der Waals surface area contributed by atoms with Crippen LogP contribution < -0.4 is 5.32 Å². The molecule has 4 nitrogen and oxygen atoms in total. The smallest absolute Gasteiger partial charge is 0.236 e. The first-order valence-electron chi connectivity index (χ1n) is 7.36. The highest BCUT2D eigenvalue weighted by Gasteiger charge is 2.23. The monoisotopic (exact) mass is 253 g/mol. The van der Waals surface area contributed by atoms with Crippen molar-refractivity contribution in [3.63, 3.8) is 0 Å². The minimum atomic E-state index is 0.271. The van der Waals surface area contributed by atoms with Gasteiger partial charge < -0.3 is 15.1 Å². The summed E-state index contributed by atoms with van der Waals surface area (Å²) in [5.74, 6) is 1.05. The minimum Gasteiger partial charge on any atom is -0.339 e. The Morgan fingerprint density at radius 1 is 1.22 bits per heavy atom. The van der Waals surface area contributed by atoms with Crippen LogP contribution in [0.4, 0.5) is 0 Å². The molecule has 0 bridgehead atoms. The largest absolute Gasteiger partial charge is 0.339 e. The molecule has 1 saturated carbocycles. The SMILES string of the molecule is CC(NCC(=O)N1CCN(C)CC1)C1CCCC1. The van der Waals surface area contributed by atoms with Gasteiger partial charge >= 0.3 is 0 Å². The molecule has 0 spiro atoms. The van der Waals surface area contributed by atoms with E-state index in [0.29, 0.717) is 12.6 Å². The molecule has 1 aliphatic heterocycles. The average Bonchev–Trinajstić information content (AvgIpc) is 2.90. The van der Waals surface area contributed by atoms with Crippen LogP contribution in [0, 0.1) is 5.92 Å². The molecule has 1 unspecified atom stereocenters. The van der Waals surface area contributed by atoms with Crippen LogP contribution in [0.3, 0.4) is 0 Å². The lowest BCUT2D eigenvalue weighted by Crippen LogP contribution is -2.50. The second-order valence-electron chi connectivity index (χ2n) is 5.90. The topological polar surface area (TPSA) is 35.6 Å². The van der Waals surface area contributed by atoms with Crippen LogP contribution >= 0.6 is 0 Å². The fraction of sp³-hybridized carbons (Fsp3) is 0.929. The Balaban J connectivity index is 1.67. The van der Waals surface area contributed by atoms with Crippen LogP contribution in [0.1, 0.15) is 32.6 Å². The predicted octanol–water partition coefficient (Wildman–Crippen LogP) is 0.929. The Bertz CT molecular complexity index is 268. The van der Waals surface area contributed by atoms with Crippen LogP contribution in [-0.4, -0.2) is 61.5 Å². The molecule has 0 aromatic carbocycles. The fourth-order valence-electron chi connectivity index (χ4n) is 3.04. The van der Waals surface area contributed by atoms with Crippen molar-refractivity contribution in [1.82, 2.24) is 15.1 Å². The van der Waals surface area contributed by atoms with Crippen LogP contribution in [0.2, 0.25) is 0 Å². The van der Waals surface area contributed by atoms with Crippen molar-refractivity contribution in [1.29, 1.82) is 0 Å². The number of carbonyl (C=O) groups excluding carboxylic acids is 1. The van der Waals surface area contributed by atoms with Crippen LogP contribution in [0.25, 0.3) is 0 Å². The molecular formula is C14H27N3O. The third kappa shape index (κ3) is 3.69. The zero-order chi connectivity index (χ0) is 13.0. The maximum atomic E-state index is 12.1. The van der Waals surface area contributed by atoms with Gasteiger partial charge in [-0.25, -0.2) is 0 Å². The minimum absolute atomic E-state index is 0.271. The lowest BCUT2D eigenvalue weighted by molar-refractivity contribution is -0.131. The summed E-state index contributed by atoms with van der Waals surface area (Å²) in [7, 11) is 2.11. The molecule has 1 atom stereocenters.